The standard InChI is InChI=1S/C14H15Cl2N3/c1-19-8-10(7-17-11-3-4-11)14(18-19)9-2-5-12(15)13(16)6-9/h2,5-6,8,11,17H,3-4,7H2,1H3. The lowest BCUT2D eigenvalue weighted by atomic mass is 10.1. The molecule has 1 aliphatic carbocycles. The lowest BCUT2D eigenvalue weighted by molar-refractivity contribution is 0.687. The maximum absolute atomic E-state index is 6.08. The summed E-state index contributed by atoms with van der Waals surface area (Å²) < 4.78 is 1.84. The van der Waals surface area contributed by atoms with E-state index in [1.165, 1.54) is 18.4 Å². The summed E-state index contributed by atoms with van der Waals surface area (Å²) in [6.45, 7) is 0.841. The van der Waals surface area contributed by atoms with Gasteiger partial charge in [0.15, 0.2) is 0 Å². The second kappa shape index (κ2) is 5.16. The van der Waals surface area contributed by atoms with Gasteiger partial charge in [-0.25, -0.2) is 0 Å². The minimum absolute atomic E-state index is 0.561. The van der Waals surface area contributed by atoms with E-state index in [1.807, 2.05) is 36.1 Å². The summed E-state index contributed by atoms with van der Waals surface area (Å²) >= 11 is 12.0. The highest BCUT2D eigenvalue weighted by Gasteiger charge is 2.21. The first-order chi connectivity index (χ1) is 9.13. The SMILES string of the molecule is Cn1cc(CNC2CC2)c(-c2ccc(Cl)c(Cl)c2)n1. The van der Waals surface area contributed by atoms with Crippen LogP contribution in [0.25, 0.3) is 11.3 Å². The third-order valence-electron chi connectivity index (χ3n) is 3.26. The molecule has 1 saturated carbocycles. The Labute approximate surface area is 122 Å². The van der Waals surface area contributed by atoms with E-state index >= 15 is 0 Å². The normalized spacial score (nSPS) is 14.9. The number of benzene rings is 1. The van der Waals surface area contributed by atoms with Gasteiger partial charge in [0.2, 0.25) is 0 Å². The predicted molar refractivity (Wildman–Crippen MR) is 78.5 cm³/mol. The fraction of sp³-hybridized carbons (Fsp3) is 0.357. The lowest BCUT2D eigenvalue weighted by Crippen LogP contribution is -2.15. The van der Waals surface area contributed by atoms with Crippen molar-refractivity contribution in [3.05, 3.63) is 40.0 Å². The van der Waals surface area contributed by atoms with Crippen LogP contribution >= 0.6 is 23.2 Å². The van der Waals surface area contributed by atoms with Gasteiger partial charge in [0, 0.05) is 37.0 Å². The van der Waals surface area contributed by atoms with Crippen LogP contribution in [0.2, 0.25) is 10.0 Å². The molecular weight excluding hydrogens is 281 g/mol. The van der Waals surface area contributed by atoms with Crippen LogP contribution in [0.4, 0.5) is 0 Å². The highest BCUT2D eigenvalue weighted by molar-refractivity contribution is 6.42. The summed E-state index contributed by atoms with van der Waals surface area (Å²) in [5, 5.41) is 9.16. The van der Waals surface area contributed by atoms with E-state index in [0.717, 1.165) is 17.8 Å². The average Bonchev–Trinajstić information content (AvgIpc) is 3.13. The molecule has 0 aliphatic heterocycles. The van der Waals surface area contributed by atoms with E-state index in [9.17, 15) is 0 Å². The first kappa shape index (κ1) is 13.0. The van der Waals surface area contributed by atoms with Gasteiger partial charge >= 0.3 is 0 Å². The molecule has 3 rings (SSSR count). The van der Waals surface area contributed by atoms with Crippen LogP contribution < -0.4 is 5.32 Å². The molecule has 2 aromatic rings. The van der Waals surface area contributed by atoms with Gasteiger partial charge in [0.25, 0.3) is 0 Å². The Kier molecular flexibility index (Phi) is 3.52. The van der Waals surface area contributed by atoms with Gasteiger partial charge in [0.1, 0.15) is 0 Å². The monoisotopic (exact) mass is 295 g/mol. The maximum atomic E-state index is 6.08. The van der Waals surface area contributed by atoms with E-state index in [1.54, 1.807) is 0 Å². The smallest absolute Gasteiger partial charge is 0.0968 e. The molecule has 0 atom stereocenters. The second-order valence-electron chi connectivity index (χ2n) is 4.96. The summed E-state index contributed by atoms with van der Waals surface area (Å²) in [6.07, 6.45) is 4.61. The summed E-state index contributed by atoms with van der Waals surface area (Å²) in [6, 6.07) is 6.32. The van der Waals surface area contributed by atoms with E-state index in [0.29, 0.717) is 16.1 Å². The highest BCUT2D eigenvalue weighted by atomic mass is 35.5. The van der Waals surface area contributed by atoms with Gasteiger partial charge in [-0.1, -0.05) is 29.3 Å². The Hall–Kier alpha value is -1.03. The van der Waals surface area contributed by atoms with Crippen LogP contribution in [0, 0.1) is 0 Å². The molecule has 100 valence electrons. The highest BCUT2D eigenvalue weighted by Crippen LogP contribution is 2.30. The Morgan fingerprint density at radius 2 is 2.11 bits per heavy atom. The number of halogens is 2. The van der Waals surface area contributed by atoms with Crippen molar-refractivity contribution < 1.29 is 0 Å². The first-order valence-electron chi connectivity index (χ1n) is 6.35. The zero-order chi connectivity index (χ0) is 13.4. The summed E-state index contributed by atoms with van der Waals surface area (Å²) in [7, 11) is 1.93. The van der Waals surface area contributed by atoms with Crippen molar-refractivity contribution in [1.29, 1.82) is 0 Å². The molecule has 0 unspecified atom stereocenters. The number of aryl methyl sites for hydroxylation is 1. The van der Waals surface area contributed by atoms with Gasteiger partial charge < -0.3 is 5.32 Å². The zero-order valence-corrected chi connectivity index (χ0v) is 12.2. The molecule has 0 bridgehead atoms. The summed E-state index contributed by atoms with van der Waals surface area (Å²) in [5.41, 5.74) is 3.16. The third-order valence-corrected chi connectivity index (χ3v) is 4.00. The third kappa shape index (κ3) is 2.94. The Balaban J connectivity index is 1.91. The number of rotatable bonds is 4. The van der Waals surface area contributed by atoms with Crippen LogP contribution in [0.1, 0.15) is 18.4 Å². The number of hydrogen-bond donors (Lipinski definition) is 1. The van der Waals surface area contributed by atoms with Gasteiger partial charge in [-0.2, -0.15) is 5.10 Å². The first-order valence-corrected chi connectivity index (χ1v) is 7.10. The predicted octanol–water partition coefficient (Wildman–Crippen LogP) is 3.65. The number of nitrogens with one attached hydrogen (secondary N) is 1. The molecule has 19 heavy (non-hydrogen) atoms. The van der Waals surface area contributed by atoms with Crippen molar-refractivity contribution in [1.82, 2.24) is 15.1 Å². The molecular formula is C14H15Cl2N3. The topological polar surface area (TPSA) is 29.9 Å². The van der Waals surface area contributed by atoms with Gasteiger partial charge in [0.05, 0.1) is 15.7 Å². The minimum Gasteiger partial charge on any atom is -0.310 e. The quantitative estimate of drug-likeness (QED) is 0.933. The van der Waals surface area contributed by atoms with E-state index in [4.69, 9.17) is 23.2 Å². The summed E-state index contributed by atoms with van der Waals surface area (Å²) in [5.74, 6) is 0. The van der Waals surface area contributed by atoms with Crippen molar-refractivity contribution in [2.75, 3.05) is 0 Å². The molecule has 3 nitrogen and oxygen atoms in total. The number of hydrogen-bond acceptors (Lipinski definition) is 2. The Morgan fingerprint density at radius 3 is 2.79 bits per heavy atom. The zero-order valence-electron chi connectivity index (χ0n) is 10.7. The fourth-order valence-corrected chi connectivity index (χ4v) is 2.39. The van der Waals surface area contributed by atoms with Crippen LogP contribution in [0.3, 0.4) is 0 Å². The average molecular weight is 296 g/mol. The van der Waals surface area contributed by atoms with E-state index in [-0.39, 0.29) is 0 Å². The molecule has 0 radical (unpaired) electrons. The maximum Gasteiger partial charge on any atom is 0.0968 e. The Morgan fingerprint density at radius 1 is 1.32 bits per heavy atom. The molecule has 0 spiro atoms. The molecule has 1 aromatic carbocycles. The van der Waals surface area contributed by atoms with Crippen molar-refractivity contribution in [3.63, 3.8) is 0 Å². The van der Waals surface area contributed by atoms with Crippen LogP contribution in [-0.2, 0) is 13.6 Å². The largest absolute Gasteiger partial charge is 0.310 e. The molecule has 1 N–H and O–H groups in total. The molecule has 0 saturated heterocycles. The lowest BCUT2D eigenvalue weighted by Gasteiger charge is -2.05. The number of nitrogens with zero attached hydrogens (tertiary/aromatic N) is 2. The van der Waals surface area contributed by atoms with Crippen LogP contribution in [0.15, 0.2) is 24.4 Å². The van der Waals surface area contributed by atoms with E-state index < -0.39 is 0 Å². The summed E-state index contributed by atoms with van der Waals surface area (Å²) in [4.78, 5) is 0. The van der Waals surface area contributed by atoms with Crippen molar-refractivity contribution in [2.45, 2.75) is 25.4 Å². The van der Waals surface area contributed by atoms with Gasteiger partial charge in [-0.15, -0.1) is 0 Å². The minimum atomic E-state index is 0.561. The van der Waals surface area contributed by atoms with Gasteiger partial charge in [-0.05, 0) is 25.0 Å². The molecule has 0 amide bonds. The second-order valence-corrected chi connectivity index (χ2v) is 5.78. The van der Waals surface area contributed by atoms with Crippen molar-refractivity contribution >= 4 is 23.2 Å². The molecule has 1 aliphatic rings. The number of aromatic nitrogens is 2. The van der Waals surface area contributed by atoms with E-state index in [2.05, 4.69) is 10.4 Å². The Bertz CT molecular complexity index is 603. The molecule has 5 heteroatoms. The van der Waals surface area contributed by atoms with Gasteiger partial charge in [-0.3, -0.25) is 4.68 Å². The molecule has 1 fully saturated rings. The molecule has 1 aromatic heterocycles. The fourth-order valence-electron chi connectivity index (χ4n) is 2.10. The molecule has 1 heterocycles. The van der Waals surface area contributed by atoms with Crippen molar-refractivity contribution in [2.24, 2.45) is 7.05 Å². The van der Waals surface area contributed by atoms with Crippen molar-refractivity contribution in [3.8, 4) is 11.3 Å². The van der Waals surface area contributed by atoms with Crippen LogP contribution in [0.5, 0.6) is 0 Å². The van der Waals surface area contributed by atoms with Crippen LogP contribution in [-0.4, -0.2) is 15.8 Å².